The lowest BCUT2D eigenvalue weighted by Gasteiger charge is -2.31. The number of aliphatic hydroxyl groups excluding tert-OH is 1. The van der Waals surface area contributed by atoms with Crippen LogP contribution in [0.1, 0.15) is 56.0 Å². The quantitative estimate of drug-likeness (QED) is 0.846. The summed E-state index contributed by atoms with van der Waals surface area (Å²) in [5.41, 5.74) is 1.31. The van der Waals surface area contributed by atoms with Gasteiger partial charge in [-0.3, -0.25) is 4.68 Å². The van der Waals surface area contributed by atoms with Crippen molar-refractivity contribution in [2.75, 3.05) is 13.1 Å². The average Bonchev–Trinajstić information content (AvgIpc) is 3.19. The van der Waals surface area contributed by atoms with Crippen LogP contribution in [0.5, 0.6) is 0 Å². The van der Waals surface area contributed by atoms with Crippen molar-refractivity contribution in [2.45, 2.75) is 57.1 Å². The lowest BCUT2D eigenvalue weighted by atomic mass is 10.0. The van der Waals surface area contributed by atoms with E-state index in [1.165, 1.54) is 31.2 Å². The Morgan fingerprint density at radius 1 is 1.38 bits per heavy atom. The molecule has 0 radical (unpaired) electrons. The van der Waals surface area contributed by atoms with E-state index in [0.29, 0.717) is 11.8 Å². The van der Waals surface area contributed by atoms with Crippen LogP contribution < -0.4 is 0 Å². The SMILES string of the molecule is Cn1cc(CCCN2CCCCCC2CC(O)c2ccco2)cn1. The van der Waals surface area contributed by atoms with E-state index in [1.54, 1.807) is 6.26 Å². The number of aromatic nitrogens is 2. The summed E-state index contributed by atoms with van der Waals surface area (Å²) in [6, 6.07) is 4.16. The molecule has 0 aromatic carbocycles. The maximum Gasteiger partial charge on any atom is 0.132 e. The van der Waals surface area contributed by atoms with Crippen molar-refractivity contribution in [3.63, 3.8) is 0 Å². The van der Waals surface area contributed by atoms with Crippen molar-refractivity contribution in [1.82, 2.24) is 14.7 Å². The minimum absolute atomic E-state index is 0.446. The van der Waals surface area contributed by atoms with Crippen molar-refractivity contribution in [2.24, 2.45) is 7.05 Å². The fraction of sp³-hybridized carbons (Fsp3) is 0.632. The van der Waals surface area contributed by atoms with E-state index in [0.717, 1.165) is 32.4 Å². The lowest BCUT2D eigenvalue weighted by Crippen LogP contribution is -2.37. The fourth-order valence-corrected chi connectivity index (χ4v) is 3.74. The molecule has 0 bridgehead atoms. The third kappa shape index (κ3) is 4.71. The molecule has 3 heterocycles. The van der Waals surface area contributed by atoms with Gasteiger partial charge in [0, 0.05) is 19.3 Å². The highest BCUT2D eigenvalue weighted by Gasteiger charge is 2.24. The van der Waals surface area contributed by atoms with Crippen LogP contribution in [0.3, 0.4) is 0 Å². The second-order valence-electron chi connectivity index (χ2n) is 6.93. The van der Waals surface area contributed by atoms with Gasteiger partial charge in [0.15, 0.2) is 0 Å². The number of hydrogen-bond donors (Lipinski definition) is 1. The van der Waals surface area contributed by atoms with Gasteiger partial charge in [-0.1, -0.05) is 12.8 Å². The smallest absolute Gasteiger partial charge is 0.132 e. The van der Waals surface area contributed by atoms with Gasteiger partial charge in [0.2, 0.25) is 0 Å². The summed E-state index contributed by atoms with van der Waals surface area (Å²) >= 11 is 0. The van der Waals surface area contributed by atoms with Crippen LogP contribution >= 0.6 is 0 Å². The van der Waals surface area contributed by atoms with E-state index < -0.39 is 6.10 Å². The maximum absolute atomic E-state index is 10.4. The van der Waals surface area contributed by atoms with Gasteiger partial charge in [-0.05, 0) is 62.9 Å². The fourth-order valence-electron chi connectivity index (χ4n) is 3.74. The van der Waals surface area contributed by atoms with Crippen molar-refractivity contribution in [3.05, 3.63) is 42.1 Å². The van der Waals surface area contributed by atoms with Crippen molar-refractivity contribution in [3.8, 4) is 0 Å². The minimum Gasteiger partial charge on any atom is -0.467 e. The summed E-state index contributed by atoms with van der Waals surface area (Å²) < 4.78 is 7.23. The molecule has 1 saturated heterocycles. The van der Waals surface area contributed by atoms with Crippen molar-refractivity contribution >= 4 is 0 Å². The molecule has 0 saturated carbocycles. The Bertz CT molecular complexity index is 594. The van der Waals surface area contributed by atoms with Gasteiger partial charge < -0.3 is 14.4 Å². The molecule has 3 rings (SSSR count). The van der Waals surface area contributed by atoms with Crippen molar-refractivity contribution < 1.29 is 9.52 Å². The molecule has 0 amide bonds. The van der Waals surface area contributed by atoms with E-state index in [9.17, 15) is 5.11 Å². The van der Waals surface area contributed by atoms with Crippen LogP contribution in [-0.2, 0) is 13.5 Å². The number of furan rings is 1. The van der Waals surface area contributed by atoms with Crippen LogP contribution in [0.25, 0.3) is 0 Å². The predicted octanol–water partition coefficient (Wildman–Crippen LogP) is 3.31. The summed E-state index contributed by atoms with van der Waals surface area (Å²) in [6.07, 6.45) is 13.2. The molecule has 2 atom stereocenters. The summed E-state index contributed by atoms with van der Waals surface area (Å²) in [6.45, 7) is 2.23. The molecule has 2 aromatic rings. The Kier molecular flexibility index (Phi) is 6.10. The number of likely N-dealkylation sites (tertiary alicyclic amines) is 1. The molecule has 24 heavy (non-hydrogen) atoms. The lowest BCUT2D eigenvalue weighted by molar-refractivity contribution is 0.0857. The summed E-state index contributed by atoms with van der Waals surface area (Å²) in [5.74, 6) is 0.689. The van der Waals surface area contributed by atoms with E-state index in [2.05, 4.69) is 16.2 Å². The molecular weight excluding hydrogens is 302 g/mol. The van der Waals surface area contributed by atoms with Crippen LogP contribution in [0.15, 0.2) is 35.2 Å². The Labute approximate surface area is 144 Å². The third-order valence-corrected chi connectivity index (χ3v) is 5.04. The average molecular weight is 331 g/mol. The normalized spacial score (nSPS) is 20.8. The van der Waals surface area contributed by atoms with Crippen LogP contribution in [0, 0.1) is 0 Å². The Morgan fingerprint density at radius 2 is 2.29 bits per heavy atom. The summed E-state index contributed by atoms with van der Waals surface area (Å²) in [5, 5.41) is 14.7. The first-order valence-electron chi connectivity index (χ1n) is 9.15. The molecule has 1 N–H and O–H groups in total. The molecule has 5 heteroatoms. The molecule has 2 aromatic heterocycles. The molecule has 0 spiro atoms. The van der Waals surface area contributed by atoms with E-state index in [1.807, 2.05) is 30.1 Å². The van der Waals surface area contributed by atoms with Gasteiger partial charge in [0.1, 0.15) is 11.9 Å². The van der Waals surface area contributed by atoms with Crippen LogP contribution in [0.2, 0.25) is 0 Å². The number of aliphatic hydroxyl groups is 1. The molecule has 1 aliphatic heterocycles. The van der Waals surface area contributed by atoms with Crippen LogP contribution in [0.4, 0.5) is 0 Å². The number of hydrogen-bond acceptors (Lipinski definition) is 4. The highest BCUT2D eigenvalue weighted by Crippen LogP contribution is 2.27. The third-order valence-electron chi connectivity index (χ3n) is 5.04. The first kappa shape index (κ1) is 17.2. The minimum atomic E-state index is -0.496. The first-order valence-corrected chi connectivity index (χ1v) is 9.15. The predicted molar refractivity (Wildman–Crippen MR) is 93.6 cm³/mol. The van der Waals surface area contributed by atoms with Crippen molar-refractivity contribution in [1.29, 1.82) is 0 Å². The largest absolute Gasteiger partial charge is 0.467 e. The molecule has 2 unspecified atom stereocenters. The Morgan fingerprint density at radius 3 is 3.04 bits per heavy atom. The molecule has 1 aliphatic rings. The van der Waals surface area contributed by atoms with Gasteiger partial charge in [-0.25, -0.2) is 0 Å². The molecular formula is C19H29N3O2. The highest BCUT2D eigenvalue weighted by molar-refractivity contribution is 5.04. The zero-order valence-electron chi connectivity index (χ0n) is 14.6. The van der Waals surface area contributed by atoms with E-state index in [-0.39, 0.29) is 0 Å². The second-order valence-corrected chi connectivity index (χ2v) is 6.93. The van der Waals surface area contributed by atoms with Gasteiger partial charge in [-0.2, -0.15) is 5.10 Å². The zero-order valence-corrected chi connectivity index (χ0v) is 14.6. The molecule has 5 nitrogen and oxygen atoms in total. The van der Waals surface area contributed by atoms with Gasteiger partial charge in [0.25, 0.3) is 0 Å². The molecule has 0 aliphatic carbocycles. The number of nitrogens with zero attached hydrogens (tertiary/aromatic N) is 3. The Balaban J connectivity index is 1.53. The van der Waals surface area contributed by atoms with E-state index >= 15 is 0 Å². The maximum atomic E-state index is 10.4. The van der Waals surface area contributed by atoms with Gasteiger partial charge in [0.05, 0.1) is 12.5 Å². The number of aryl methyl sites for hydroxylation is 2. The summed E-state index contributed by atoms with van der Waals surface area (Å²) in [7, 11) is 1.96. The number of rotatable bonds is 7. The first-order chi connectivity index (χ1) is 11.7. The van der Waals surface area contributed by atoms with Gasteiger partial charge >= 0.3 is 0 Å². The monoisotopic (exact) mass is 331 g/mol. The molecule has 132 valence electrons. The standard InChI is InChI=1S/C19H29N3O2/c1-21-15-16(14-20-21)7-5-11-22-10-4-2-3-8-17(22)13-18(23)19-9-6-12-24-19/h6,9,12,14-15,17-18,23H,2-5,7-8,10-11,13H2,1H3. The Hall–Kier alpha value is -1.59. The topological polar surface area (TPSA) is 54.4 Å². The van der Waals surface area contributed by atoms with Crippen LogP contribution in [-0.4, -0.2) is 38.9 Å². The van der Waals surface area contributed by atoms with E-state index in [4.69, 9.17) is 4.42 Å². The van der Waals surface area contributed by atoms with Gasteiger partial charge in [-0.15, -0.1) is 0 Å². The highest BCUT2D eigenvalue weighted by atomic mass is 16.4. The second kappa shape index (κ2) is 8.49. The summed E-state index contributed by atoms with van der Waals surface area (Å²) in [4.78, 5) is 2.58. The molecule has 1 fully saturated rings. The zero-order chi connectivity index (χ0) is 16.8.